The van der Waals surface area contributed by atoms with E-state index in [0.717, 1.165) is 31.7 Å². The van der Waals surface area contributed by atoms with E-state index in [1.165, 1.54) is 6.07 Å². The van der Waals surface area contributed by atoms with Gasteiger partial charge in [0.1, 0.15) is 5.69 Å². The van der Waals surface area contributed by atoms with Gasteiger partial charge in [0.15, 0.2) is 0 Å². The Balaban J connectivity index is 2.42. The van der Waals surface area contributed by atoms with Crippen molar-refractivity contribution in [3.8, 4) is 0 Å². The lowest BCUT2D eigenvalue weighted by atomic mass is 10.1. The van der Waals surface area contributed by atoms with Crippen LogP contribution in [0.4, 0.5) is 17.1 Å². The lowest BCUT2D eigenvalue weighted by molar-refractivity contribution is -0.384. The lowest BCUT2D eigenvalue weighted by Gasteiger charge is -2.33. The number of rotatable bonds is 3. The van der Waals surface area contributed by atoms with Crippen LogP contribution in [-0.4, -0.2) is 43.0 Å². The summed E-state index contributed by atoms with van der Waals surface area (Å²) in [5, 5.41) is 11.2. The van der Waals surface area contributed by atoms with Crippen molar-refractivity contribution in [1.82, 2.24) is 4.90 Å². The van der Waals surface area contributed by atoms with E-state index in [9.17, 15) is 10.1 Å². The predicted molar refractivity (Wildman–Crippen MR) is 77.3 cm³/mol. The van der Waals surface area contributed by atoms with E-state index in [4.69, 9.17) is 5.73 Å². The number of nitro benzene ring substituents is 1. The van der Waals surface area contributed by atoms with Gasteiger partial charge in [-0.25, -0.2) is 0 Å². The Labute approximate surface area is 112 Å². The van der Waals surface area contributed by atoms with Gasteiger partial charge in [-0.3, -0.25) is 10.1 Å². The van der Waals surface area contributed by atoms with Crippen molar-refractivity contribution in [2.45, 2.75) is 0 Å². The molecule has 0 unspecified atom stereocenters. The molecule has 0 bridgehead atoms. The van der Waals surface area contributed by atoms with Gasteiger partial charge in [-0.1, -0.05) is 12.7 Å². The molecule has 1 aliphatic heterocycles. The maximum atomic E-state index is 11.2. The first-order chi connectivity index (χ1) is 9.02. The second-order valence-electron chi connectivity index (χ2n) is 4.72. The summed E-state index contributed by atoms with van der Waals surface area (Å²) in [6, 6.07) is 3.18. The molecule has 19 heavy (non-hydrogen) atoms. The van der Waals surface area contributed by atoms with Gasteiger partial charge in [-0.05, 0) is 18.7 Å². The fourth-order valence-corrected chi connectivity index (χ4v) is 2.23. The molecule has 0 atom stereocenters. The van der Waals surface area contributed by atoms with Crippen LogP contribution in [0.15, 0.2) is 18.7 Å². The quantitative estimate of drug-likeness (QED) is 0.508. The van der Waals surface area contributed by atoms with Gasteiger partial charge in [0.25, 0.3) is 5.69 Å². The molecule has 0 aromatic heterocycles. The minimum Gasteiger partial charge on any atom is -0.398 e. The van der Waals surface area contributed by atoms with Crippen molar-refractivity contribution in [1.29, 1.82) is 0 Å². The number of hydrogen-bond acceptors (Lipinski definition) is 5. The molecule has 0 radical (unpaired) electrons. The van der Waals surface area contributed by atoms with Crippen molar-refractivity contribution in [2.24, 2.45) is 0 Å². The molecule has 2 N–H and O–H groups in total. The monoisotopic (exact) mass is 262 g/mol. The topological polar surface area (TPSA) is 75.6 Å². The van der Waals surface area contributed by atoms with Crippen LogP contribution in [0, 0.1) is 10.1 Å². The summed E-state index contributed by atoms with van der Waals surface area (Å²) >= 11 is 0. The van der Waals surface area contributed by atoms with Gasteiger partial charge in [0.2, 0.25) is 0 Å². The summed E-state index contributed by atoms with van der Waals surface area (Å²) in [6.45, 7) is 7.03. The minimum atomic E-state index is -0.378. The molecule has 6 nitrogen and oxygen atoms in total. The first-order valence-corrected chi connectivity index (χ1v) is 6.16. The Morgan fingerprint density at radius 1 is 1.37 bits per heavy atom. The molecule has 0 spiro atoms. The second kappa shape index (κ2) is 5.27. The highest BCUT2D eigenvalue weighted by atomic mass is 16.6. The molecule has 102 valence electrons. The van der Waals surface area contributed by atoms with E-state index < -0.39 is 0 Å². The Kier molecular flexibility index (Phi) is 3.71. The highest BCUT2D eigenvalue weighted by Gasteiger charge is 2.23. The molecular weight excluding hydrogens is 244 g/mol. The number of likely N-dealkylation sites (N-methyl/N-ethyl adjacent to an activating group) is 1. The number of hydrogen-bond donors (Lipinski definition) is 1. The van der Waals surface area contributed by atoms with E-state index >= 15 is 0 Å². The average Bonchev–Trinajstić information content (AvgIpc) is 2.39. The van der Waals surface area contributed by atoms with E-state index in [1.807, 2.05) is 11.9 Å². The summed E-state index contributed by atoms with van der Waals surface area (Å²) in [5.41, 5.74) is 7.60. The number of nitrogens with two attached hydrogens (primary N) is 1. The Hall–Kier alpha value is -2.08. The number of benzene rings is 1. The fraction of sp³-hybridized carbons (Fsp3) is 0.385. The van der Waals surface area contributed by atoms with Crippen molar-refractivity contribution in [3.05, 3.63) is 34.4 Å². The number of piperazine rings is 1. The molecule has 1 saturated heterocycles. The molecule has 0 amide bonds. The number of nitro groups is 1. The number of nitrogens with zero attached hydrogens (tertiary/aromatic N) is 3. The Bertz CT molecular complexity index is 508. The van der Waals surface area contributed by atoms with E-state index in [1.54, 1.807) is 12.1 Å². The van der Waals surface area contributed by atoms with Gasteiger partial charge in [0.05, 0.1) is 4.92 Å². The van der Waals surface area contributed by atoms with Crippen molar-refractivity contribution in [3.63, 3.8) is 0 Å². The summed E-state index contributed by atoms with van der Waals surface area (Å²) in [6.07, 6.45) is 1.62. The van der Waals surface area contributed by atoms with Crippen LogP contribution in [0.25, 0.3) is 6.08 Å². The first-order valence-electron chi connectivity index (χ1n) is 6.16. The zero-order valence-electron chi connectivity index (χ0n) is 11.0. The first kappa shape index (κ1) is 13.4. The fourth-order valence-electron chi connectivity index (χ4n) is 2.23. The molecule has 1 fully saturated rings. The van der Waals surface area contributed by atoms with Crippen LogP contribution in [0.2, 0.25) is 0 Å². The van der Waals surface area contributed by atoms with Gasteiger partial charge in [-0.2, -0.15) is 0 Å². The molecule has 1 aromatic rings. The van der Waals surface area contributed by atoms with E-state index in [0.29, 0.717) is 11.4 Å². The van der Waals surface area contributed by atoms with Crippen LogP contribution in [0.1, 0.15) is 5.56 Å². The molecular formula is C13H18N4O2. The predicted octanol–water partition coefficient (Wildman–Crippen LogP) is 1.57. The summed E-state index contributed by atoms with van der Waals surface area (Å²) < 4.78 is 0. The summed E-state index contributed by atoms with van der Waals surface area (Å²) in [7, 11) is 2.05. The molecule has 0 aliphatic carbocycles. The molecule has 1 heterocycles. The minimum absolute atomic E-state index is 0.0626. The van der Waals surface area contributed by atoms with Gasteiger partial charge < -0.3 is 15.5 Å². The molecule has 0 saturated carbocycles. The highest BCUT2D eigenvalue weighted by Crippen LogP contribution is 2.33. The molecule has 1 aromatic carbocycles. The zero-order chi connectivity index (χ0) is 14.0. The lowest BCUT2D eigenvalue weighted by Crippen LogP contribution is -2.44. The maximum Gasteiger partial charge on any atom is 0.294 e. The summed E-state index contributed by atoms with van der Waals surface area (Å²) in [4.78, 5) is 15.0. The second-order valence-corrected chi connectivity index (χ2v) is 4.72. The molecule has 2 rings (SSSR count). The van der Waals surface area contributed by atoms with E-state index in [-0.39, 0.29) is 10.6 Å². The summed E-state index contributed by atoms with van der Waals surface area (Å²) in [5.74, 6) is 0. The van der Waals surface area contributed by atoms with E-state index in [2.05, 4.69) is 11.5 Å². The third-order valence-corrected chi connectivity index (χ3v) is 3.44. The van der Waals surface area contributed by atoms with Crippen LogP contribution in [-0.2, 0) is 0 Å². The zero-order valence-corrected chi connectivity index (χ0v) is 11.0. The van der Waals surface area contributed by atoms with Crippen molar-refractivity contribution < 1.29 is 4.92 Å². The molecule has 1 aliphatic rings. The largest absolute Gasteiger partial charge is 0.398 e. The van der Waals surface area contributed by atoms with Crippen LogP contribution in [0.5, 0.6) is 0 Å². The Morgan fingerprint density at radius 3 is 2.53 bits per heavy atom. The third kappa shape index (κ3) is 2.68. The number of nitrogen functional groups attached to an aromatic ring is 1. The number of anilines is 2. The van der Waals surface area contributed by atoms with Crippen LogP contribution >= 0.6 is 0 Å². The Morgan fingerprint density at radius 2 is 2.00 bits per heavy atom. The van der Waals surface area contributed by atoms with Gasteiger partial charge in [-0.15, -0.1) is 0 Å². The van der Waals surface area contributed by atoms with Crippen molar-refractivity contribution >= 4 is 23.1 Å². The maximum absolute atomic E-state index is 11.2. The van der Waals surface area contributed by atoms with Gasteiger partial charge >= 0.3 is 0 Å². The normalized spacial score (nSPS) is 16.4. The van der Waals surface area contributed by atoms with Crippen LogP contribution < -0.4 is 10.6 Å². The SMILES string of the molecule is C=Cc1cc(N2CCN(C)CC2)c([N+](=O)[O-])cc1N. The molecule has 6 heteroatoms. The smallest absolute Gasteiger partial charge is 0.294 e. The highest BCUT2D eigenvalue weighted by molar-refractivity contribution is 5.77. The standard InChI is InChI=1S/C13H18N4O2/c1-3-10-8-12(13(17(18)19)9-11(10)14)16-6-4-15(2)5-7-16/h3,8-9H,1,4-7,14H2,2H3. The van der Waals surface area contributed by atoms with Crippen molar-refractivity contribution in [2.75, 3.05) is 43.9 Å². The third-order valence-electron chi connectivity index (χ3n) is 3.44. The van der Waals surface area contributed by atoms with Gasteiger partial charge in [0, 0.05) is 37.9 Å². The average molecular weight is 262 g/mol. The van der Waals surface area contributed by atoms with Crippen LogP contribution in [0.3, 0.4) is 0 Å².